The summed E-state index contributed by atoms with van der Waals surface area (Å²) in [5.41, 5.74) is 3.59. The van der Waals surface area contributed by atoms with Crippen molar-refractivity contribution in [2.45, 2.75) is 46.0 Å². The number of carbonyl (C=O) groups excluding carboxylic acids is 2. The summed E-state index contributed by atoms with van der Waals surface area (Å²) < 4.78 is 6.05. The zero-order valence-electron chi connectivity index (χ0n) is 17.1. The first-order chi connectivity index (χ1) is 13.6. The summed E-state index contributed by atoms with van der Waals surface area (Å²) in [5.74, 6) is -0.0921. The van der Waals surface area contributed by atoms with Crippen LogP contribution in [0.3, 0.4) is 0 Å². The second-order valence-corrected chi connectivity index (χ2v) is 8.26. The van der Waals surface area contributed by atoms with Gasteiger partial charge in [-0.25, -0.2) is 0 Å². The molecule has 0 bridgehead atoms. The highest BCUT2D eigenvalue weighted by molar-refractivity contribution is 6.34. The minimum atomic E-state index is -0.421. The van der Waals surface area contributed by atoms with Crippen molar-refractivity contribution in [2.75, 3.05) is 12.4 Å². The lowest BCUT2D eigenvalue weighted by atomic mass is 9.92. The number of nitrogens with one attached hydrogen (secondary N) is 2. The molecule has 0 fully saturated rings. The number of halogens is 1. The number of H-pyrrole nitrogens is 1. The molecule has 9 heteroatoms. The van der Waals surface area contributed by atoms with Gasteiger partial charge in [-0.3, -0.25) is 9.59 Å². The largest absolute Gasteiger partial charge is 0.469 e. The standard InChI is InChI=1S/C20H24ClN5O3/c1-11-6-7-12(22-14(27)8-9-15(28)29-5)10-13(11)18-23-19-16(21)17(20(2,3)4)24-26(19)25-18/h6-7,10H,8-9H2,1-5H3,(H,22,27)(H,23,25). The van der Waals surface area contributed by atoms with Crippen molar-refractivity contribution in [1.82, 2.24) is 19.8 Å². The molecule has 1 aromatic carbocycles. The number of aryl methyl sites for hydroxylation is 1. The normalized spacial score (nSPS) is 11.7. The fraction of sp³-hybridized carbons (Fsp3) is 0.400. The number of carbonyl (C=O) groups is 2. The Bertz CT molecular complexity index is 1080. The molecule has 8 nitrogen and oxygen atoms in total. The van der Waals surface area contributed by atoms with Crippen LogP contribution in [0.4, 0.5) is 5.69 Å². The van der Waals surface area contributed by atoms with Crippen LogP contribution >= 0.6 is 11.6 Å². The van der Waals surface area contributed by atoms with E-state index in [1.165, 1.54) is 11.7 Å². The fourth-order valence-electron chi connectivity index (χ4n) is 2.89. The SMILES string of the molecule is COC(=O)CCC(=O)Nc1ccc(C)c(-c2nn3nc(C(C)(C)C)c(Cl)c3[nH]2)c1. The highest BCUT2D eigenvalue weighted by Gasteiger charge is 2.25. The Balaban J connectivity index is 1.86. The third kappa shape index (κ3) is 4.42. The summed E-state index contributed by atoms with van der Waals surface area (Å²) in [6, 6.07) is 5.51. The maximum Gasteiger partial charge on any atom is 0.306 e. The molecule has 0 aliphatic carbocycles. The van der Waals surface area contributed by atoms with Crippen LogP contribution in [0, 0.1) is 6.92 Å². The molecule has 0 saturated carbocycles. The van der Waals surface area contributed by atoms with Gasteiger partial charge >= 0.3 is 5.97 Å². The molecule has 29 heavy (non-hydrogen) atoms. The molecular formula is C20H24ClN5O3. The van der Waals surface area contributed by atoms with Gasteiger partial charge in [-0.15, -0.1) is 9.73 Å². The number of nitrogens with zero attached hydrogens (tertiary/aromatic N) is 3. The van der Waals surface area contributed by atoms with E-state index in [-0.39, 0.29) is 24.2 Å². The van der Waals surface area contributed by atoms with Crippen molar-refractivity contribution in [1.29, 1.82) is 0 Å². The summed E-state index contributed by atoms with van der Waals surface area (Å²) >= 11 is 6.51. The number of aromatic amines is 1. The Labute approximate surface area is 173 Å². The summed E-state index contributed by atoms with van der Waals surface area (Å²) in [5, 5.41) is 12.4. The number of esters is 1. The van der Waals surface area contributed by atoms with Crippen LogP contribution in [0.15, 0.2) is 18.2 Å². The molecule has 0 saturated heterocycles. The Morgan fingerprint density at radius 2 is 1.97 bits per heavy atom. The number of fused-ring (bicyclic) bond motifs is 1. The van der Waals surface area contributed by atoms with Crippen molar-refractivity contribution in [3.8, 4) is 11.4 Å². The lowest BCUT2D eigenvalue weighted by molar-refractivity contribution is -0.141. The average molecular weight is 418 g/mol. The smallest absolute Gasteiger partial charge is 0.306 e. The molecule has 0 aliphatic rings. The Hall–Kier alpha value is -2.87. The molecular weight excluding hydrogens is 394 g/mol. The van der Waals surface area contributed by atoms with Gasteiger partial charge in [0, 0.05) is 23.1 Å². The van der Waals surface area contributed by atoms with E-state index in [4.69, 9.17) is 11.6 Å². The highest BCUT2D eigenvalue weighted by atomic mass is 35.5. The molecule has 1 amide bonds. The van der Waals surface area contributed by atoms with E-state index in [1.807, 2.05) is 39.8 Å². The quantitative estimate of drug-likeness (QED) is 0.613. The Morgan fingerprint density at radius 1 is 1.24 bits per heavy atom. The predicted molar refractivity (Wildman–Crippen MR) is 111 cm³/mol. The topological polar surface area (TPSA) is 101 Å². The monoisotopic (exact) mass is 417 g/mol. The second kappa shape index (κ2) is 7.87. The summed E-state index contributed by atoms with van der Waals surface area (Å²) in [7, 11) is 1.30. The number of aromatic nitrogens is 4. The molecule has 0 aliphatic heterocycles. The van der Waals surface area contributed by atoms with Crippen molar-refractivity contribution in [2.24, 2.45) is 0 Å². The van der Waals surface area contributed by atoms with E-state index in [2.05, 4.69) is 25.2 Å². The van der Waals surface area contributed by atoms with Gasteiger partial charge in [0.2, 0.25) is 5.91 Å². The van der Waals surface area contributed by atoms with Crippen LogP contribution in [0.5, 0.6) is 0 Å². The number of rotatable bonds is 5. The van der Waals surface area contributed by atoms with Gasteiger partial charge in [-0.1, -0.05) is 38.4 Å². The van der Waals surface area contributed by atoms with E-state index < -0.39 is 5.97 Å². The minimum Gasteiger partial charge on any atom is -0.469 e. The number of hydrogen-bond acceptors (Lipinski definition) is 5. The first-order valence-corrected chi connectivity index (χ1v) is 9.60. The molecule has 0 radical (unpaired) electrons. The molecule has 3 rings (SSSR count). The third-order valence-electron chi connectivity index (χ3n) is 4.51. The van der Waals surface area contributed by atoms with E-state index in [9.17, 15) is 9.59 Å². The number of hydrogen-bond donors (Lipinski definition) is 2. The average Bonchev–Trinajstić information content (AvgIpc) is 3.20. The zero-order chi connectivity index (χ0) is 21.3. The molecule has 0 atom stereocenters. The van der Waals surface area contributed by atoms with Gasteiger partial charge in [0.1, 0.15) is 5.02 Å². The molecule has 3 aromatic rings. The second-order valence-electron chi connectivity index (χ2n) is 7.88. The van der Waals surface area contributed by atoms with Crippen molar-refractivity contribution in [3.63, 3.8) is 0 Å². The van der Waals surface area contributed by atoms with Crippen LogP contribution in [0.1, 0.15) is 44.9 Å². The van der Waals surface area contributed by atoms with Crippen molar-refractivity contribution < 1.29 is 14.3 Å². The van der Waals surface area contributed by atoms with Crippen molar-refractivity contribution >= 4 is 34.8 Å². The van der Waals surface area contributed by atoms with Gasteiger partial charge in [-0.2, -0.15) is 5.10 Å². The Kier molecular flexibility index (Phi) is 5.66. The number of anilines is 1. The van der Waals surface area contributed by atoms with Crippen LogP contribution in [-0.4, -0.2) is 38.8 Å². The van der Waals surface area contributed by atoms with Gasteiger partial charge < -0.3 is 15.0 Å². The number of benzene rings is 1. The fourth-order valence-corrected chi connectivity index (χ4v) is 3.34. The van der Waals surface area contributed by atoms with E-state index in [1.54, 1.807) is 6.07 Å². The summed E-state index contributed by atoms with van der Waals surface area (Å²) in [6.45, 7) is 8.07. The number of amides is 1. The zero-order valence-corrected chi connectivity index (χ0v) is 17.8. The molecule has 154 valence electrons. The van der Waals surface area contributed by atoms with Gasteiger partial charge in [-0.05, 0) is 24.6 Å². The first kappa shape index (κ1) is 20.9. The minimum absolute atomic E-state index is 0.0328. The maximum atomic E-state index is 12.1. The first-order valence-electron chi connectivity index (χ1n) is 9.23. The lowest BCUT2D eigenvalue weighted by Gasteiger charge is -2.14. The summed E-state index contributed by atoms with van der Waals surface area (Å²) in [6.07, 6.45) is 0.0840. The van der Waals surface area contributed by atoms with E-state index in [0.717, 1.165) is 16.8 Å². The molecule has 0 unspecified atom stereocenters. The van der Waals surface area contributed by atoms with Crippen LogP contribution < -0.4 is 5.32 Å². The van der Waals surface area contributed by atoms with E-state index >= 15 is 0 Å². The van der Waals surface area contributed by atoms with Gasteiger partial charge in [0.15, 0.2) is 11.5 Å². The van der Waals surface area contributed by atoms with E-state index in [0.29, 0.717) is 22.2 Å². The number of ether oxygens (including phenoxy) is 1. The number of methoxy groups -OCH3 is 1. The molecule has 2 aromatic heterocycles. The van der Waals surface area contributed by atoms with Gasteiger partial charge in [0.25, 0.3) is 0 Å². The van der Waals surface area contributed by atoms with Crippen LogP contribution in [-0.2, 0) is 19.7 Å². The molecule has 2 N–H and O–H groups in total. The third-order valence-corrected chi connectivity index (χ3v) is 4.87. The van der Waals surface area contributed by atoms with Crippen LogP contribution in [0.25, 0.3) is 17.0 Å². The molecule has 0 spiro atoms. The highest BCUT2D eigenvalue weighted by Crippen LogP contribution is 2.32. The predicted octanol–water partition coefficient (Wildman–Crippen LogP) is 3.88. The lowest BCUT2D eigenvalue weighted by Crippen LogP contribution is -2.14. The maximum absolute atomic E-state index is 12.1. The Morgan fingerprint density at radius 3 is 2.59 bits per heavy atom. The van der Waals surface area contributed by atoms with Gasteiger partial charge in [0.05, 0.1) is 19.2 Å². The summed E-state index contributed by atoms with van der Waals surface area (Å²) in [4.78, 5) is 26.5. The molecule has 2 heterocycles. The van der Waals surface area contributed by atoms with Crippen LogP contribution in [0.2, 0.25) is 5.02 Å². The van der Waals surface area contributed by atoms with Crippen molar-refractivity contribution in [3.05, 3.63) is 34.5 Å².